The van der Waals surface area contributed by atoms with Gasteiger partial charge in [-0.3, -0.25) is 4.98 Å². The minimum Gasteiger partial charge on any atom is -0.502 e. The highest BCUT2D eigenvalue weighted by molar-refractivity contribution is 6.37. The molecule has 0 amide bonds. The highest BCUT2D eigenvalue weighted by Crippen LogP contribution is 2.42. The SMILES string of the molecule is COc1nc2ccc(C(O)(c3ccc(C)nc3C)c3cnnn3C)cc2c(Cl)c1O. The lowest BCUT2D eigenvalue weighted by molar-refractivity contribution is 0.115. The van der Waals surface area contributed by atoms with Crippen molar-refractivity contribution < 1.29 is 14.9 Å². The van der Waals surface area contributed by atoms with E-state index in [4.69, 9.17) is 16.3 Å². The number of aryl methyl sites for hydroxylation is 3. The van der Waals surface area contributed by atoms with E-state index in [0.717, 1.165) is 5.69 Å². The van der Waals surface area contributed by atoms with Crippen molar-refractivity contribution >= 4 is 22.5 Å². The van der Waals surface area contributed by atoms with E-state index >= 15 is 0 Å². The highest BCUT2D eigenvalue weighted by atomic mass is 35.5. The number of hydrogen-bond donors (Lipinski definition) is 2. The molecule has 30 heavy (non-hydrogen) atoms. The zero-order chi connectivity index (χ0) is 21.6. The molecule has 154 valence electrons. The van der Waals surface area contributed by atoms with Crippen LogP contribution in [0.4, 0.5) is 0 Å². The van der Waals surface area contributed by atoms with E-state index in [2.05, 4.69) is 20.3 Å². The van der Waals surface area contributed by atoms with Crippen LogP contribution in [-0.2, 0) is 12.6 Å². The van der Waals surface area contributed by atoms with Crippen molar-refractivity contribution in [1.82, 2.24) is 25.0 Å². The predicted octanol–water partition coefficient (Wildman–Crippen LogP) is 3.03. The first kappa shape index (κ1) is 20.1. The highest BCUT2D eigenvalue weighted by Gasteiger charge is 2.39. The van der Waals surface area contributed by atoms with Gasteiger partial charge < -0.3 is 14.9 Å². The Hall–Kier alpha value is -3.23. The van der Waals surface area contributed by atoms with E-state index in [1.165, 1.54) is 18.0 Å². The maximum absolute atomic E-state index is 12.1. The first-order valence-electron chi connectivity index (χ1n) is 9.16. The summed E-state index contributed by atoms with van der Waals surface area (Å²) in [6.07, 6.45) is 1.51. The summed E-state index contributed by atoms with van der Waals surface area (Å²) in [6.45, 7) is 3.72. The Morgan fingerprint density at radius 1 is 1.13 bits per heavy atom. The lowest BCUT2D eigenvalue weighted by Crippen LogP contribution is -2.32. The van der Waals surface area contributed by atoms with Gasteiger partial charge in [0.05, 0.1) is 29.5 Å². The standard InChI is InChI=1S/C21H20ClN5O3/c1-11-5-7-15(12(2)24-11)21(29,17-10-23-26-27(17)3)13-6-8-16-14(9-13)18(22)19(28)20(25-16)30-4/h5-10,28-29H,1-4H3. The van der Waals surface area contributed by atoms with E-state index in [1.54, 1.807) is 25.2 Å². The quantitative estimate of drug-likeness (QED) is 0.517. The van der Waals surface area contributed by atoms with Crippen molar-refractivity contribution in [1.29, 1.82) is 0 Å². The van der Waals surface area contributed by atoms with Crippen LogP contribution < -0.4 is 4.74 Å². The third-order valence-electron chi connectivity index (χ3n) is 5.18. The fraction of sp³-hybridized carbons (Fsp3) is 0.238. The molecule has 0 saturated heterocycles. The Kier molecular flexibility index (Phi) is 4.83. The Labute approximate surface area is 177 Å². The molecule has 2 N–H and O–H groups in total. The molecule has 1 atom stereocenters. The van der Waals surface area contributed by atoms with Crippen LogP contribution in [0.25, 0.3) is 10.9 Å². The van der Waals surface area contributed by atoms with Crippen molar-refractivity contribution in [2.75, 3.05) is 7.11 Å². The zero-order valence-electron chi connectivity index (χ0n) is 16.9. The summed E-state index contributed by atoms with van der Waals surface area (Å²) < 4.78 is 6.59. The molecule has 3 heterocycles. The average Bonchev–Trinajstić information content (AvgIpc) is 3.16. The maximum Gasteiger partial charge on any atom is 0.258 e. The summed E-state index contributed by atoms with van der Waals surface area (Å²) in [7, 11) is 3.11. The first-order valence-corrected chi connectivity index (χ1v) is 9.54. The van der Waals surface area contributed by atoms with Gasteiger partial charge in [-0.15, -0.1) is 5.10 Å². The summed E-state index contributed by atoms with van der Waals surface area (Å²) in [6, 6.07) is 8.82. The summed E-state index contributed by atoms with van der Waals surface area (Å²) in [5, 5.41) is 30.9. The number of ether oxygens (including phenoxy) is 1. The number of hydrogen-bond acceptors (Lipinski definition) is 7. The van der Waals surface area contributed by atoms with E-state index in [-0.39, 0.29) is 16.7 Å². The van der Waals surface area contributed by atoms with Gasteiger partial charge in [-0.25, -0.2) is 9.67 Å². The number of benzene rings is 1. The third-order valence-corrected chi connectivity index (χ3v) is 5.56. The van der Waals surface area contributed by atoms with Crippen molar-refractivity contribution in [2.45, 2.75) is 19.4 Å². The smallest absolute Gasteiger partial charge is 0.258 e. The normalized spacial score (nSPS) is 13.4. The molecule has 3 aromatic heterocycles. The molecule has 9 heteroatoms. The van der Waals surface area contributed by atoms with Gasteiger partial charge in [0.2, 0.25) is 0 Å². The number of halogens is 1. The summed E-state index contributed by atoms with van der Waals surface area (Å²) in [5.74, 6) is -0.229. The number of aliphatic hydroxyl groups is 1. The van der Waals surface area contributed by atoms with E-state index in [9.17, 15) is 10.2 Å². The second kappa shape index (κ2) is 7.23. The van der Waals surface area contributed by atoms with Gasteiger partial charge in [0, 0.05) is 29.4 Å². The predicted molar refractivity (Wildman–Crippen MR) is 112 cm³/mol. The number of aromatic nitrogens is 5. The van der Waals surface area contributed by atoms with Crippen LogP contribution in [0.5, 0.6) is 11.6 Å². The number of nitrogens with zero attached hydrogens (tertiary/aromatic N) is 5. The van der Waals surface area contributed by atoms with Crippen molar-refractivity contribution in [3.63, 3.8) is 0 Å². The zero-order valence-corrected chi connectivity index (χ0v) is 17.6. The largest absolute Gasteiger partial charge is 0.502 e. The summed E-state index contributed by atoms with van der Waals surface area (Å²) >= 11 is 6.39. The molecule has 0 saturated carbocycles. The number of rotatable bonds is 4. The molecule has 0 aliphatic rings. The molecule has 0 fully saturated rings. The van der Waals surface area contributed by atoms with Gasteiger partial charge in [-0.05, 0) is 37.6 Å². The molecule has 0 radical (unpaired) electrons. The topological polar surface area (TPSA) is 106 Å². The molecular formula is C21H20ClN5O3. The van der Waals surface area contributed by atoms with Gasteiger partial charge in [0.25, 0.3) is 5.88 Å². The van der Waals surface area contributed by atoms with E-state index in [1.807, 2.05) is 26.0 Å². The van der Waals surface area contributed by atoms with Crippen molar-refractivity contribution in [3.05, 3.63) is 69.8 Å². The second-order valence-corrected chi connectivity index (χ2v) is 7.43. The molecular weight excluding hydrogens is 406 g/mol. The number of fused-ring (bicyclic) bond motifs is 1. The average molecular weight is 426 g/mol. The third kappa shape index (κ3) is 2.96. The van der Waals surface area contributed by atoms with Crippen molar-refractivity contribution in [2.24, 2.45) is 7.05 Å². The monoisotopic (exact) mass is 425 g/mol. The molecule has 4 rings (SSSR count). The number of pyridine rings is 2. The summed E-state index contributed by atoms with van der Waals surface area (Å²) in [4.78, 5) is 8.80. The van der Waals surface area contributed by atoms with Crippen LogP contribution in [-0.4, -0.2) is 42.3 Å². The van der Waals surface area contributed by atoms with Crippen LogP contribution in [0.15, 0.2) is 36.5 Å². The fourth-order valence-electron chi connectivity index (χ4n) is 3.69. The Morgan fingerprint density at radius 3 is 2.53 bits per heavy atom. The van der Waals surface area contributed by atoms with Crippen LogP contribution >= 0.6 is 11.6 Å². The number of aromatic hydroxyl groups is 1. The molecule has 4 aromatic rings. The molecule has 0 aliphatic heterocycles. The second-order valence-electron chi connectivity index (χ2n) is 7.05. The lowest BCUT2D eigenvalue weighted by atomic mass is 9.82. The van der Waals surface area contributed by atoms with Crippen LogP contribution in [0.3, 0.4) is 0 Å². The van der Waals surface area contributed by atoms with Crippen LogP contribution in [0.2, 0.25) is 5.02 Å². The van der Waals surface area contributed by atoms with E-state index in [0.29, 0.717) is 33.4 Å². The van der Waals surface area contributed by atoms with Gasteiger partial charge in [-0.2, -0.15) is 0 Å². The Balaban J connectivity index is 2.04. The van der Waals surface area contributed by atoms with E-state index < -0.39 is 5.60 Å². The maximum atomic E-state index is 12.1. The molecule has 0 spiro atoms. The molecule has 8 nitrogen and oxygen atoms in total. The minimum atomic E-state index is -1.61. The lowest BCUT2D eigenvalue weighted by Gasteiger charge is -2.30. The molecule has 1 aromatic carbocycles. The molecule has 1 unspecified atom stereocenters. The molecule has 0 bridgehead atoms. The number of methoxy groups -OCH3 is 1. The first-order chi connectivity index (χ1) is 14.3. The Bertz CT molecular complexity index is 1270. The van der Waals surface area contributed by atoms with Crippen LogP contribution in [0, 0.1) is 13.8 Å². The van der Waals surface area contributed by atoms with Crippen LogP contribution in [0.1, 0.15) is 28.2 Å². The minimum absolute atomic E-state index is 0.0323. The van der Waals surface area contributed by atoms with Gasteiger partial charge in [-0.1, -0.05) is 28.9 Å². The fourth-order valence-corrected chi connectivity index (χ4v) is 3.92. The van der Waals surface area contributed by atoms with Gasteiger partial charge in [0.1, 0.15) is 0 Å². The summed E-state index contributed by atoms with van der Waals surface area (Å²) in [5.41, 5.74) is 1.95. The molecule has 0 aliphatic carbocycles. The Morgan fingerprint density at radius 2 is 1.90 bits per heavy atom. The van der Waals surface area contributed by atoms with Gasteiger partial charge >= 0.3 is 0 Å². The van der Waals surface area contributed by atoms with Gasteiger partial charge in [0.15, 0.2) is 11.4 Å². The van der Waals surface area contributed by atoms with Crippen molar-refractivity contribution in [3.8, 4) is 11.6 Å².